The van der Waals surface area contributed by atoms with Crippen LogP contribution in [-0.2, 0) is 13.0 Å². The number of aromatic nitrogens is 6. The largest absolute Gasteiger partial charge is 0.596 e. The summed E-state index contributed by atoms with van der Waals surface area (Å²) in [5.74, 6) is 1.16. The summed E-state index contributed by atoms with van der Waals surface area (Å²) in [7, 11) is 0. The number of nitrogens with zero attached hydrogens (tertiary/aromatic N) is 6. The van der Waals surface area contributed by atoms with Crippen LogP contribution in [-0.4, -0.2) is 24.3 Å². The fourth-order valence-electron chi connectivity index (χ4n) is 3.39. The van der Waals surface area contributed by atoms with Crippen LogP contribution in [0.4, 0.5) is 0 Å². The molecule has 0 aliphatic heterocycles. The van der Waals surface area contributed by atoms with E-state index in [0.717, 1.165) is 45.7 Å². The summed E-state index contributed by atoms with van der Waals surface area (Å²) >= 11 is 0. The summed E-state index contributed by atoms with van der Waals surface area (Å²) in [5, 5.41) is 17.7. The van der Waals surface area contributed by atoms with Crippen LogP contribution in [0.25, 0.3) is 39.3 Å². The second kappa shape index (κ2) is 6.19. The van der Waals surface area contributed by atoms with Gasteiger partial charge in [-0.25, -0.2) is 9.97 Å². The van der Waals surface area contributed by atoms with Gasteiger partial charge in [-0.05, 0) is 25.1 Å². The van der Waals surface area contributed by atoms with Crippen molar-refractivity contribution in [1.29, 1.82) is 0 Å². The predicted molar refractivity (Wildman–Crippen MR) is 103 cm³/mol. The van der Waals surface area contributed by atoms with Gasteiger partial charge in [0.2, 0.25) is 17.7 Å². The van der Waals surface area contributed by atoms with E-state index < -0.39 is 0 Å². The number of rotatable bonds is 4. The highest BCUT2D eigenvalue weighted by Crippen LogP contribution is 2.27. The molecule has 0 saturated heterocycles. The smallest absolute Gasteiger partial charge is 0.236 e. The van der Waals surface area contributed by atoms with Gasteiger partial charge in [-0.1, -0.05) is 22.4 Å². The second-order valence-electron chi connectivity index (χ2n) is 6.55. The first-order valence-corrected chi connectivity index (χ1v) is 9.20. The molecule has 140 valence electrons. The third kappa shape index (κ3) is 2.45. The Morgan fingerprint density at radius 3 is 2.86 bits per heavy atom. The lowest BCUT2D eigenvalue weighted by atomic mass is 10.1. The molecule has 0 radical (unpaired) electrons. The summed E-state index contributed by atoms with van der Waals surface area (Å²) < 4.78 is 9.12. The Morgan fingerprint density at radius 1 is 1.18 bits per heavy atom. The lowest BCUT2D eigenvalue weighted by Crippen LogP contribution is -2.31. The molecule has 8 heteroatoms. The number of fused-ring (bicyclic) bond motifs is 2. The highest BCUT2D eigenvalue weighted by molar-refractivity contribution is 5.84. The Bertz CT molecular complexity index is 1310. The Balaban J connectivity index is 1.65. The van der Waals surface area contributed by atoms with Gasteiger partial charge in [0.15, 0.2) is 5.56 Å². The van der Waals surface area contributed by atoms with Gasteiger partial charge >= 0.3 is 0 Å². The molecule has 5 aromatic rings. The van der Waals surface area contributed by atoms with Crippen molar-refractivity contribution in [1.82, 2.24) is 24.3 Å². The summed E-state index contributed by atoms with van der Waals surface area (Å²) in [6, 6.07) is 7.94. The topological polar surface area (TPSA) is 88.1 Å². The van der Waals surface area contributed by atoms with Gasteiger partial charge in [0.1, 0.15) is 5.76 Å². The Hall–Kier alpha value is -3.68. The van der Waals surface area contributed by atoms with E-state index in [4.69, 9.17) is 9.40 Å². The molecule has 4 heterocycles. The SMILES string of the molecule is CCc1cnc(-c2c[n+]([O-])n3ccc(-c4ccc5c(cnn5CC)c4)nc23)o1. The van der Waals surface area contributed by atoms with Gasteiger partial charge in [0.25, 0.3) is 0 Å². The minimum absolute atomic E-state index is 0.397. The first kappa shape index (κ1) is 16.5. The molecular formula is C20H18N6O2. The zero-order valence-corrected chi connectivity index (χ0v) is 15.5. The molecule has 5 rings (SSSR count). The van der Waals surface area contributed by atoms with Gasteiger partial charge in [0, 0.05) is 23.9 Å². The molecule has 0 unspecified atom stereocenters. The third-order valence-corrected chi connectivity index (χ3v) is 4.88. The normalized spacial score (nSPS) is 11.6. The molecule has 0 spiro atoms. The van der Waals surface area contributed by atoms with E-state index in [1.807, 2.05) is 36.0 Å². The minimum Gasteiger partial charge on any atom is -0.596 e. The van der Waals surface area contributed by atoms with E-state index in [9.17, 15) is 5.21 Å². The highest BCUT2D eigenvalue weighted by Gasteiger charge is 2.20. The lowest BCUT2D eigenvalue weighted by Gasteiger charge is -2.03. The first-order valence-electron chi connectivity index (χ1n) is 9.20. The summed E-state index contributed by atoms with van der Waals surface area (Å²) in [6.07, 6.45) is 7.41. The van der Waals surface area contributed by atoms with Crippen molar-refractivity contribution in [2.45, 2.75) is 26.8 Å². The molecule has 4 aromatic heterocycles. The molecule has 28 heavy (non-hydrogen) atoms. The van der Waals surface area contributed by atoms with E-state index in [-0.39, 0.29) is 0 Å². The average molecular weight is 374 g/mol. The van der Waals surface area contributed by atoms with E-state index in [1.54, 1.807) is 12.4 Å². The second-order valence-corrected chi connectivity index (χ2v) is 6.55. The molecule has 0 fully saturated rings. The van der Waals surface area contributed by atoms with Crippen molar-refractivity contribution in [3.8, 4) is 22.7 Å². The van der Waals surface area contributed by atoms with Gasteiger partial charge in [0.05, 0.1) is 29.8 Å². The molecule has 0 aliphatic carbocycles. The Morgan fingerprint density at radius 2 is 2.07 bits per heavy atom. The van der Waals surface area contributed by atoms with Gasteiger partial charge in [-0.15, -0.1) is 0 Å². The maximum Gasteiger partial charge on any atom is 0.236 e. The molecule has 0 bridgehead atoms. The number of hydrogen-bond acceptors (Lipinski definition) is 5. The maximum absolute atomic E-state index is 12.3. The first-order chi connectivity index (χ1) is 13.7. The van der Waals surface area contributed by atoms with Crippen molar-refractivity contribution in [2.75, 3.05) is 0 Å². The van der Waals surface area contributed by atoms with E-state index in [0.29, 0.717) is 17.1 Å². The molecular weight excluding hydrogens is 356 g/mol. The third-order valence-electron chi connectivity index (χ3n) is 4.88. The fourth-order valence-corrected chi connectivity index (χ4v) is 3.39. The zero-order valence-electron chi connectivity index (χ0n) is 15.5. The monoisotopic (exact) mass is 374 g/mol. The number of benzene rings is 1. The standard InChI is InChI=1S/C20H18N6O2/c1-3-15-11-21-20(28-15)16-12-26(27)25-8-7-17(23-19(16)25)13-5-6-18-14(9-13)10-22-24(18)4-2/h5-12H,3-4H2,1-2H3. The molecule has 8 nitrogen and oxygen atoms in total. The Labute approximate surface area is 160 Å². The van der Waals surface area contributed by atoms with Crippen molar-refractivity contribution < 1.29 is 9.26 Å². The van der Waals surface area contributed by atoms with Crippen LogP contribution < -0.4 is 4.85 Å². The summed E-state index contributed by atoms with van der Waals surface area (Å²) in [6.45, 7) is 4.87. The van der Waals surface area contributed by atoms with Crippen molar-refractivity contribution in [3.63, 3.8) is 0 Å². The van der Waals surface area contributed by atoms with E-state index >= 15 is 0 Å². The highest BCUT2D eigenvalue weighted by atomic mass is 16.5. The van der Waals surface area contributed by atoms with Crippen molar-refractivity contribution in [3.05, 3.63) is 60.0 Å². The van der Waals surface area contributed by atoms with E-state index in [1.165, 1.54) is 10.7 Å². The van der Waals surface area contributed by atoms with Crippen LogP contribution >= 0.6 is 0 Å². The molecule has 1 aromatic carbocycles. The van der Waals surface area contributed by atoms with Crippen LogP contribution in [0, 0.1) is 5.21 Å². The molecule has 0 atom stereocenters. The lowest BCUT2D eigenvalue weighted by molar-refractivity contribution is -0.676. The van der Waals surface area contributed by atoms with Crippen molar-refractivity contribution >= 4 is 16.6 Å². The fraction of sp³-hybridized carbons (Fsp3) is 0.200. The number of oxazole rings is 1. The minimum atomic E-state index is 0.397. The summed E-state index contributed by atoms with van der Waals surface area (Å²) in [4.78, 5) is 9.75. The number of hydrogen-bond donors (Lipinski definition) is 0. The van der Waals surface area contributed by atoms with Crippen LogP contribution in [0.3, 0.4) is 0 Å². The van der Waals surface area contributed by atoms with E-state index in [2.05, 4.69) is 23.1 Å². The maximum atomic E-state index is 12.3. The summed E-state index contributed by atoms with van der Waals surface area (Å²) in [5.41, 5.74) is 3.87. The van der Waals surface area contributed by atoms with Crippen LogP contribution in [0.2, 0.25) is 0 Å². The van der Waals surface area contributed by atoms with Crippen LogP contribution in [0.15, 0.2) is 53.5 Å². The molecule has 0 amide bonds. The van der Waals surface area contributed by atoms with Gasteiger partial charge in [-0.2, -0.15) is 5.10 Å². The average Bonchev–Trinajstić information content (AvgIpc) is 3.44. The van der Waals surface area contributed by atoms with Crippen LogP contribution in [0.5, 0.6) is 0 Å². The molecule has 0 saturated carbocycles. The quantitative estimate of drug-likeness (QED) is 0.356. The predicted octanol–water partition coefficient (Wildman–Crippen LogP) is 3.22. The molecule has 0 N–H and O–H groups in total. The van der Waals surface area contributed by atoms with Gasteiger partial charge < -0.3 is 9.62 Å². The molecule has 0 aliphatic rings. The Kier molecular flexibility index (Phi) is 3.65. The zero-order chi connectivity index (χ0) is 19.3. The van der Waals surface area contributed by atoms with Gasteiger partial charge in [-0.3, -0.25) is 4.68 Å². The van der Waals surface area contributed by atoms with Crippen molar-refractivity contribution in [2.24, 2.45) is 0 Å². The van der Waals surface area contributed by atoms with Crippen LogP contribution in [0.1, 0.15) is 19.6 Å². The number of aryl methyl sites for hydroxylation is 2.